The van der Waals surface area contributed by atoms with Crippen LogP contribution in [0.15, 0.2) is 58.5 Å². The number of thioether (sulfide) groups is 1. The summed E-state index contributed by atoms with van der Waals surface area (Å²) >= 11 is 13.4. The van der Waals surface area contributed by atoms with Crippen LogP contribution in [0.1, 0.15) is 30.7 Å². The van der Waals surface area contributed by atoms with Gasteiger partial charge in [-0.1, -0.05) is 42.3 Å². The van der Waals surface area contributed by atoms with Crippen molar-refractivity contribution in [2.45, 2.75) is 37.4 Å². The highest BCUT2D eigenvalue weighted by Crippen LogP contribution is 2.35. The van der Waals surface area contributed by atoms with Crippen LogP contribution in [0.3, 0.4) is 0 Å². The first kappa shape index (κ1) is 23.3. The number of hydrogen-bond donors (Lipinski definition) is 0. The van der Waals surface area contributed by atoms with E-state index in [1.165, 1.54) is 19.3 Å². The lowest BCUT2D eigenvalue weighted by molar-refractivity contribution is -0.116. The van der Waals surface area contributed by atoms with Crippen molar-refractivity contribution in [2.24, 2.45) is 5.10 Å². The SMILES string of the molecule is O=C1CSc2ccccc2N1Cc1nn(CN2CCCCC2)c(=S)n1/N=C/c1ccc(Cl)cc1. The van der Waals surface area contributed by atoms with E-state index in [1.54, 1.807) is 27.6 Å². The quantitative estimate of drug-likeness (QED) is 0.342. The largest absolute Gasteiger partial charge is 0.303 e. The zero-order chi connectivity index (χ0) is 23.5. The lowest BCUT2D eigenvalue weighted by atomic mass is 10.1. The fraction of sp³-hybridized carbons (Fsp3) is 0.333. The van der Waals surface area contributed by atoms with Crippen LogP contribution >= 0.6 is 35.6 Å². The summed E-state index contributed by atoms with van der Waals surface area (Å²) in [6.07, 6.45) is 5.38. The van der Waals surface area contributed by atoms with Gasteiger partial charge in [-0.3, -0.25) is 9.69 Å². The number of halogens is 1. The summed E-state index contributed by atoms with van der Waals surface area (Å²) in [5, 5.41) is 10.2. The molecule has 176 valence electrons. The molecule has 1 fully saturated rings. The zero-order valence-corrected chi connectivity index (χ0v) is 21.0. The lowest BCUT2D eigenvalue weighted by Crippen LogP contribution is -2.35. The molecule has 1 saturated heterocycles. The molecule has 2 aliphatic rings. The number of likely N-dealkylation sites (tertiary alicyclic amines) is 1. The number of fused-ring (bicyclic) bond motifs is 1. The second kappa shape index (κ2) is 10.4. The van der Waals surface area contributed by atoms with Crippen molar-refractivity contribution in [3.8, 4) is 0 Å². The van der Waals surface area contributed by atoms with Gasteiger partial charge in [0.25, 0.3) is 0 Å². The molecule has 0 N–H and O–H groups in total. The summed E-state index contributed by atoms with van der Waals surface area (Å²) in [5.74, 6) is 1.08. The molecule has 0 unspecified atom stereocenters. The van der Waals surface area contributed by atoms with Crippen molar-refractivity contribution in [1.29, 1.82) is 0 Å². The number of piperidine rings is 1. The molecule has 0 atom stereocenters. The van der Waals surface area contributed by atoms with E-state index >= 15 is 0 Å². The van der Waals surface area contributed by atoms with Crippen molar-refractivity contribution >= 4 is 53.4 Å². The second-order valence-electron chi connectivity index (χ2n) is 8.36. The second-order valence-corrected chi connectivity index (χ2v) is 10.2. The van der Waals surface area contributed by atoms with Crippen molar-refractivity contribution in [2.75, 3.05) is 23.7 Å². The molecular formula is C24H25ClN6OS2. The number of carbonyl (C=O) groups is 1. The highest BCUT2D eigenvalue weighted by molar-refractivity contribution is 8.00. The first-order chi connectivity index (χ1) is 16.6. The summed E-state index contributed by atoms with van der Waals surface area (Å²) in [7, 11) is 0. The van der Waals surface area contributed by atoms with Crippen LogP contribution in [0.4, 0.5) is 5.69 Å². The van der Waals surface area contributed by atoms with Crippen molar-refractivity contribution < 1.29 is 4.79 Å². The van der Waals surface area contributed by atoms with Crippen molar-refractivity contribution in [1.82, 2.24) is 19.4 Å². The van der Waals surface area contributed by atoms with E-state index in [1.807, 2.05) is 53.2 Å². The molecule has 0 saturated carbocycles. The fourth-order valence-corrected chi connectivity index (χ4v) is 5.50. The molecule has 3 heterocycles. The summed E-state index contributed by atoms with van der Waals surface area (Å²) in [6, 6.07) is 15.4. The van der Waals surface area contributed by atoms with Crippen LogP contribution in [0, 0.1) is 4.77 Å². The van der Waals surface area contributed by atoms with Crippen molar-refractivity contribution in [3.05, 3.63) is 69.7 Å². The van der Waals surface area contributed by atoms with E-state index in [9.17, 15) is 4.79 Å². The molecule has 34 heavy (non-hydrogen) atoms. The first-order valence-electron chi connectivity index (χ1n) is 11.3. The summed E-state index contributed by atoms with van der Waals surface area (Å²) in [4.78, 5) is 18.1. The van der Waals surface area contributed by atoms with Gasteiger partial charge in [-0.2, -0.15) is 14.9 Å². The number of carbonyl (C=O) groups excluding carboxylic acids is 1. The van der Waals surface area contributed by atoms with E-state index < -0.39 is 0 Å². The van der Waals surface area contributed by atoms with Crippen LogP contribution < -0.4 is 4.90 Å². The predicted octanol–water partition coefficient (Wildman–Crippen LogP) is 5.03. The maximum atomic E-state index is 12.9. The average molecular weight is 513 g/mol. The number of amides is 1. The van der Waals surface area contributed by atoms with E-state index in [-0.39, 0.29) is 5.91 Å². The molecule has 0 aliphatic carbocycles. The topological polar surface area (TPSA) is 58.7 Å². The van der Waals surface area contributed by atoms with E-state index in [0.29, 0.717) is 34.6 Å². The Morgan fingerprint density at radius 3 is 2.65 bits per heavy atom. The minimum absolute atomic E-state index is 0.0495. The molecule has 1 amide bonds. The Morgan fingerprint density at radius 2 is 1.85 bits per heavy atom. The van der Waals surface area contributed by atoms with Gasteiger partial charge in [0.2, 0.25) is 10.7 Å². The minimum Gasteiger partial charge on any atom is -0.303 e. The van der Waals surface area contributed by atoms with Crippen LogP contribution in [0.2, 0.25) is 5.02 Å². The monoisotopic (exact) mass is 512 g/mol. The predicted molar refractivity (Wildman–Crippen MR) is 139 cm³/mol. The fourth-order valence-electron chi connectivity index (χ4n) is 4.18. The highest BCUT2D eigenvalue weighted by atomic mass is 35.5. The number of hydrogen-bond acceptors (Lipinski definition) is 6. The Labute approximate surface area is 213 Å². The Bertz CT molecular complexity index is 1260. The molecule has 3 aromatic rings. The number of aromatic nitrogens is 3. The van der Waals surface area contributed by atoms with Gasteiger partial charge in [-0.05, 0) is 68.0 Å². The third kappa shape index (κ3) is 5.12. The van der Waals surface area contributed by atoms with E-state index in [2.05, 4.69) is 10.0 Å². The van der Waals surface area contributed by atoms with Crippen LogP contribution in [-0.2, 0) is 18.0 Å². The zero-order valence-electron chi connectivity index (χ0n) is 18.6. The number of para-hydroxylation sites is 1. The van der Waals surface area contributed by atoms with Gasteiger partial charge in [0.1, 0.15) is 0 Å². The molecule has 0 spiro atoms. The minimum atomic E-state index is 0.0495. The Kier molecular flexibility index (Phi) is 7.15. The maximum absolute atomic E-state index is 12.9. The van der Waals surface area contributed by atoms with Gasteiger partial charge in [0, 0.05) is 9.92 Å². The van der Waals surface area contributed by atoms with E-state index in [4.69, 9.17) is 28.9 Å². The molecule has 7 nitrogen and oxygen atoms in total. The molecule has 10 heteroatoms. The van der Waals surface area contributed by atoms with Gasteiger partial charge in [-0.15, -0.1) is 11.8 Å². The van der Waals surface area contributed by atoms with Gasteiger partial charge >= 0.3 is 0 Å². The third-order valence-electron chi connectivity index (χ3n) is 5.97. The Hall–Kier alpha value is -2.46. The molecule has 0 radical (unpaired) electrons. The molecule has 5 rings (SSSR count). The van der Waals surface area contributed by atoms with Crippen LogP contribution in [-0.4, -0.2) is 50.3 Å². The third-order valence-corrected chi connectivity index (χ3v) is 7.65. The Morgan fingerprint density at radius 1 is 1.09 bits per heavy atom. The van der Waals surface area contributed by atoms with E-state index in [0.717, 1.165) is 29.2 Å². The lowest BCUT2D eigenvalue weighted by Gasteiger charge is -2.28. The number of anilines is 1. The van der Waals surface area contributed by atoms with Gasteiger partial charge in [-0.25, -0.2) is 4.68 Å². The number of nitrogens with zero attached hydrogens (tertiary/aromatic N) is 6. The Balaban J connectivity index is 1.49. The number of rotatable bonds is 6. The van der Waals surface area contributed by atoms with Gasteiger partial charge in [0.15, 0.2) is 5.82 Å². The van der Waals surface area contributed by atoms with Crippen LogP contribution in [0.25, 0.3) is 0 Å². The summed E-state index contributed by atoms with van der Waals surface area (Å²) < 4.78 is 4.01. The van der Waals surface area contributed by atoms with Gasteiger partial charge < -0.3 is 4.90 Å². The summed E-state index contributed by atoms with van der Waals surface area (Å²) in [6.45, 7) is 2.99. The molecular weight excluding hydrogens is 488 g/mol. The number of benzene rings is 2. The van der Waals surface area contributed by atoms with Crippen LogP contribution in [0.5, 0.6) is 0 Å². The molecule has 2 aliphatic heterocycles. The smallest absolute Gasteiger partial charge is 0.237 e. The molecule has 2 aromatic carbocycles. The first-order valence-corrected chi connectivity index (χ1v) is 13.1. The maximum Gasteiger partial charge on any atom is 0.237 e. The average Bonchev–Trinajstić information content (AvgIpc) is 3.15. The summed E-state index contributed by atoms with van der Waals surface area (Å²) in [5.41, 5.74) is 1.80. The standard InChI is InChI=1S/C24H25ClN6OS2/c25-19-10-8-18(9-11-19)14-26-31-22(27-30(24(31)33)17-28-12-4-1-5-13-28)15-29-20-6-2-3-7-21(20)34-16-23(29)32/h2-3,6-11,14H,1,4-5,12-13,15-17H2/b26-14+. The molecule has 1 aromatic heterocycles. The highest BCUT2D eigenvalue weighted by Gasteiger charge is 2.27. The normalized spacial score (nSPS) is 16.9. The molecule has 0 bridgehead atoms. The van der Waals surface area contributed by atoms with Crippen molar-refractivity contribution in [3.63, 3.8) is 0 Å². The van der Waals surface area contributed by atoms with Gasteiger partial charge in [0.05, 0.1) is 30.9 Å².